The average molecular weight is 312 g/mol. The molecule has 0 heterocycles. The molecule has 0 radical (unpaired) electrons. The molecule has 0 spiro atoms. The van der Waals surface area contributed by atoms with E-state index in [9.17, 15) is 22.4 Å². The Bertz CT molecular complexity index is 671. The highest BCUT2D eigenvalue weighted by molar-refractivity contribution is 5.94. The maximum absolute atomic E-state index is 13.3. The van der Waals surface area contributed by atoms with Gasteiger partial charge < -0.3 is 10.6 Å². The first-order valence-corrected chi connectivity index (χ1v) is 6.32. The normalized spacial score (nSPS) is 11.1. The summed E-state index contributed by atoms with van der Waals surface area (Å²) in [4.78, 5) is 11.7. The molecule has 0 saturated carbocycles. The molecular formula is C15H12F4N2O. The number of amides is 1. The lowest BCUT2D eigenvalue weighted by molar-refractivity contribution is -0.137. The minimum Gasteiger partial charge on any atom is -0.374 e. The zero-order valence-corrected chi connectivity index (χ0v) is 11.2. The molecular weight excluding hydrogens is 300 g/mol. The van der Waals surface area contributed by atoms with E-state index < -0.39 is 23.5 Å². The van der Waals surface area contributed by atoms with Gasteiger partial charge in [-0.25, -0.2) is 4.39 Å². The number of para-hydroxylation sites is 2. The Balaban J connectivity index is 2.03. The first kappa shape index (κ1) is 15.8. The Morgan fingerprint density at radius 3 is 2.18 bits per heavy atom. The molecule has 0 unspecified atom stereocenters. The van der Waals surface area contributed by atoms with E-state index in [-0.39, 0.29) is 17.9 Å². The van der Waals surface area contributed by atoms with Crippen molar-refractivity contribution in [1.29, 1.82) is 0 Å². The predicted molar refractivity (Wildman–Crippen MR) is 75.0 cm³/mol. The van der Waals surface area contributed by atoms with E-state index in [4.69, 9.17) is 0 Å². The minimum absolute atomic E-state index is 0.0988. The number of benzene rings is 2. The van der Waals surface area contributed by atoms with Crippen LogP contribution in [0.5, 0.6) is 0 Å². The molecule has 0 fully saturated rings. The Morgan fingerprint density at radius 2 is 1.55 bits per heavy atom. The van der Waals surface area contributed by atoms with E-state index in [0.717, 1.165) is 12.1 Å². The van der Waals surface area contributed by atoms with Gasteiger partial charge in [-0.05, 0) is 24.3 Å². The third-order valence-corrected chi connectivity index (χ3v) is 2.82. The molecule has 2 aromatic rings. The molecule has 2 N–H and O–H groups in total. The number of anilines is 2. The van der Waals surface area contributed by atoms with E-state index in [1.54, 1.807) is 6.07 Å². The van der Waals surface area contributed by atoms with Crippen LogP contribution >= 0.6 is 0 Å². The molecule has 0 bridgehead atoms. The first-order chi connectivity index (χ1) is 10.4. The van der Waals surface area contributed by atoms with Gasteiger partial charge in [0.05, 0.1) is 23.5 Å². The molecule has 7 heteroatoms. The van der Waals surface area contributed by atoms with Gasteiger partial charge in [0.15, 0.2) is 0 Å². The van der Waals surface area contributed by atoms with Crippen LogP contribution < -0.4 is 10.6 Å². The van der Waals surface area contributed by atoms with Gasteiger partial charge in [0.2, 0.25) is 5.91 Å². The molecule has 22 heavy (non-hydrogen) atoms. The van der Waals surface area contributed by atoms with Crippen molar-refractivity contribution in [2.45, 2.75) is 6.18 Å². The molecule has 3 nitrogen and oxygen atoms in total. The molecule has 116 valence electrons. The SMILES string of the molecule is O=C(CNc1ccccc1F)Nc1ccccc1C(F)(F)F. The van der Waals surface area contributed by atoms with Crippen molar-refractivity contribution < 1.29 is 22.4 Å². The van der Waals surface area contributed by atoms with Crippen LogP contribution in [0.1, 0.15) is 5.56 Å². The van der Waals surface area contributed by atoms with Crippen LogP contribution in [0.25, 0.3) is 0 Å². The van der Waals surface area contributed by atoms with Crippen molar-refractivity contribution in [2.24, 2.45) is 0 Å². The fraction of sp³-hybridized carbons (Fsp3) is 0.133. The van der Waals surface area contributed by atoms with Gasteiger partial charge in [-0.3, -0.25) is 4.79 Å². The van der Waals surface area contributed by atoms with Crippen LogP contribution in [0.2, 0.25) is 0 Å². The number of hydrogen-bond acceptors (Lipinski definition) is 2. The quantitative estimate of drug-likeness (QED) is 0.841. The van der Waals surface area contributed by atoms with E-state index in [1.807, 2.05) is 0 Å². The van der Waals surface area contributed by atoms with Crippen LogP contribution in [-0.2, 0) is 11.0 Å². The number of alkyl halides is 3. The van der Waals surface area contributed by atoms with E-state index in [0.29, 0.717) is 0 Å². The smallest absolute Gasteiger partial charge is 0.374 e. The zero-order chi connectivity index (χ0) is 16.2. The molecule has 2 rings (SSSR count). The lowest BCUT2D eigenvalue weighted by Crippen LogP contribution is -2.23. The number of carbonyl (C=O) groups excluding carboxylic acids is 1. The fourth-order valence-electron chi connectivity index (χ4n) is 1.81. The molecule has 0 aliphatic carbocycles. The van der Waals surface area contributed by atoms with Gasteiger partial charge in [0.1, 0.15) is 5.82 Å². The molecule has 0 atom stereocenters. The third kappa shape index (κ3) is 3.97. The van der Waals surface area contributed by atoms with Crippen molar-refractivity contribution in [3.63, 3.8) is 0 Å². The Morgan fingerprint density at radius 1 is 0.955 bits per heavy atom. The van der Waals surface area contributed by atoms with Crippen LogP contribution in [0.15, 0.2) is 48.5 Å². The largest absolute Gasteiger partial charge is 0.418 e. The number of hydrogen-bond donors (Lipinski definition) is 2. The highest BCUT2D eigenvalue weighted by Crippen LogP contribution is 2.34. The van der Waals surface area contributed by atoms with Gasteiger partial charge in [0, 0.05) is 0 Å². The Hall–Kier alpha value is -2.57. The first-order valence-electron chi connectivity index (χ1n) is 6.32. The monoisotopic (exact) mass is 312 g/mol. The number of carbonyl (C=O) groups is 1. The average Bonchev–Trinajstić information content (AvgIpc) is 2.46. The molecule has 2 aromatic carbocycles. The molecule has 0 aliphatic rings. The van der Waals surface area contributed by atoms with Crippen LogP contribution in [0, 0.1) is 5.82 Å². The lowest BCUT2D eigenvalue weighted by atomic mass is 10.1. The van der Waals surface area contributed by atoms with Crippen molar-refractivity contribution in [3.05, 3.63) is 59.9 Å². The Labute approximate surface area is 124 Å². The summed E-state index contributed by atoms with van der Waals surface area (Å²) in [5.41, 5.74) is -1.17. The van der Waals surface area contributed by atoms with Gasteiger partial charge in [-0.1, -0.05) is 24.3 Å². The summed E-state index contributed by atoms with van der Waals surface area (Å²) < 4.78 is 51.7. The zero-order valence-electron chi connectivity index (χ0n) is 11.2. The van der Waals surface area contributed by atoms with Crippen LogP contribution in [-0.4, -0.2) is 12.5 Å². The standard InChI is InChI=1S/C15H12F4N2O/c16-11-6-2-4-8-13(11)20-9-14(22)21-12-7-3-1-5-10(12)15(17,18)19/h1-8,20H,9H2,(H,21,22). The summed E-state index contributed by atoms with van der Waals surface area (Å²) in [6.45, 7) is -0.354. The lowest BCUT2D eigenvalue weighted by Gasteiger charge is -2.14. The van der Waals surface area contributed by atoms with Crippen molar-refractivity contribution in [3.8, 4) is 0 Å². The van der Waals surface area contributed by atoms with Crippen LogP contribution in [0.4, 0.5) is 28.9 Å². The summed E-state index contributed by atoms with van der Waals surface area (Å²) in [6.07, 6.45) is -4.57. The maximum atomic E-state index is 13.3. The summed E-state index contributed by atoms with van der Waals surface area (Å²) in [5.74, 6) is -1.26. The van der Waals surface area contributed by atoms with Crippen LogP contribution in [0.3, 0.4) is 0 Å². The van der Waals surface area contributed by atoms with E-state index in [2.05, 4.69) is 10.6 Å². The second kappa shape index (κ2) is 6.46. The predicted octanol–water partition coefficient (Wildman–Crippen LogP) is 3.90. The topological polar surface area (TPSA) is 41.1 Å². The summed E-state index contributed by atoms with van der Waals surface area (Å²) >= 11 is 0. The fourth-order valence-corrected chi connectivity index (χ4v) is 1.81. The number of rotatable bonds is 4. The molecule has 1 amide bonds. The second-order valence-electron chi connectivity index (χ2n) is 4.42. The molecule has 0 saturated heterocycles. The van der Waals surface area contributed by atoms with Gasteiger partial charge in [-0.15, -0.1) is 0 Å². The highest BCUT2D eigenvalue weighted by atomic mass is 19.4. The van der Waals surface area contributed by atoms with Crippen molar-refractivity contribution in [1.82, 2.24) is 0 Å². The van der Waals surface area contributed by atoms with Crippen molar-refractivity contribution >= 4 is 17.3 Å². The highest BCUT2D eigenvalue weighted by Gasteiger charge is 2.33. The van der Waals surface area contributed by atoms with E-state index in [1.165, 1.54) is 30.3 Å². The number of halogens is 4. The molecule has 0 aromatic heterocycles. The summed E-state index contributed by atoms with van der Waals surface area (Å²) in [7, 11) is 0. The third-order valence-electron chi connectivity index (χ3n) is 2.82. The van der Waals surface area contributed by atoms with Crippen molar-refractivity contribution in [2.75, 3.05) is 17.2 Å². The Kier molecular flexibility index (Phi) is 4.65. The summed E-state index contributed by atoms with van der Waals surface area (Å²) in [6, 6.07) is 10.3. The van der Waals surface area contributed by atoms with Gasteiger partial charge >= 0.3 is 6.18 Å². The van der Waals surface area contributed by atoms with Gasteiger partial charge in [-0.2, -0.15) is 13.2 Å². The second-order valence-corrected chi connectivity index (χ2v) is 4.42. The van der Waals surface area contributed by atoms with Gasteiger partial charge in [0.25, 0.3) is 0 Å². The number of nitrogens with one attached hydrogen (secondary N) is 2. The minimum atomic E-state index is -4.57. The van der Waals surface area contributed by atoms with E-state index >= 15 is 0 Å². The molecule has 0 aliphatic heterocycles. The maximum Gasteiger partial charge on any atom is 0.418 e. The summed E-state index contributed by atoms with van der Waals surface area (Å²) in [5, 5.41) is 4.69.